The van der Waals surface area contributed by atoms with Crippen molar-refractivity contribution in [1.29, 1.82) is 0 Å². The van der Waals surface area contributed by atoms with Gasteiger partial charge < -0.3 is 31.3 Å². The number of benzene rings is 1. The maximum Gasteiger partial charge on any atom is 0.315 e. The smallest absolute Gasteiger partial charge is 0.315 e. The third-order valence-electron chi connectivity index (χ3n) is 8.32. The lowest BCUT2D eigenvalue weighted by Gasteiger charge is -2.37. The summed E-state index contributed by atoms with van der Waals surface area (Å²) in [6.45, 7) is 13.1. The number of sulfone groups is 1. The largest absolute Gasteiger partial charge is 0.381 e. The fourth-order valence-electron chi connectivity index (χ4n) is 5.54. The Morgan fingerprint density at radius 2 is 1.58 bits per heavy atom. The molecule has 1 saturated carbocycles. The minimum atomic E-state index is -3.85. The molecule has 3 rings (SSSR count). The van der Waals surface area contributed by atoms with Crippen LogP contribution in [-0.4, -0.2) is 84.4 Å². The number of nitrogens with one attached hydrogen (secondary N) is 4. The van der Waals surface area contributed by atoms with Gasteiger partial charge in [-0.3, -0.25) is 14.4 Å². The lowest BCUT2D eigenvalue weighted by molar-refractivity contribution is -0.143. The second-order valence-electron chi connectivity index (χ2n) is 14.5. The number of carbonyl (C=O) groups excluding carboxylic acids is 4. The van der Waals surface area contributed by atoms with Gasteiger partial charge in [0, 0.05) is 12.1 Å². The van der Waals surface area contributed by atoms with Crippen LogP contribution < -0.4 is 21.3 Å². The molecule has 3 unspecified atom stereocenters. The molecular weight excluding hydrogens is 598 g/mol. The van der Waals surface area contributed by atoms with E-state index in [0.29, 0.717) is 25.8 Å². The predicted octanol–water partition coefficient (Wildman–Crippen LogP) is 2.38. The van der Waals surface area contributed by atoms with E-state index in [9.17, 15) is 32.7 Å². The number of aliphatic hydroxyl groups is 1. The summed E-state index contributed by atoms with van der Waals surface area (Å²) in [6, 6.07) is 3.00. The Bertz CT molecular complexity index is 1330. The van der Waals surface area contributed by atoms with Gasteiger partial charge >= 0.3 is 6.03 Å². The first-order valence-electron chi connectivity index (χ1n) is 15.7. The van der Waals surface area contributed by atoms with Gasteiger partial charge in [0.25, 0.3) is 5.91 Å². The average Bonchev–Trinajstić information content (AvgIpc) is 3.40. The van der Waals surface area contributed by atoms with Gasteiger partial charge in [0.05, 0.1) is 10.9 Å². The molecule has 1 aliphatic carbocycles. The van der Waals surface area contributed by atoms with E-state index >= 15 is 0 Å². The first-order valence-corrected chi connectivity index (χ1v) is 17.4. The molecule has 2 fully saturated rings. The maximum atomic E-state index is 13.8. The lowest BCUT2D eigenvalue weighted by atomic mass is 9.79. The molecule has 1 aromatic rings. The van der Waals surface area contributed by atoms with E-state index in [4.69, 9.17) is 0 Å². The van der Waals surface area contributed by atoms with E-state index in [2.05, 4.69) is 21.3 Å². The zero-order chi connectivity index (χ0) is 33.7. The zero-order valence-electron chi connectivity index (χ0n) is 27.6. The number of hydrogen-bond donors (Lipinski definition) is 5. The van der Waals surface area contributed by atoms with Crippen LogP contribution in [0.2, 0.25) is 0 Å². The summed E-state index contributed by atoms with van der Waals surface area (Å²) in [5.41, 5.74) is -0.281. The summed E-state index contributed by atoms with van der Waals surface area (Å²) in [6.07, 6.45) is 2.40. The van der Waals surface area contributed by atoms with Crippen LogP contribution in [0.25, 0.3) is 0 Å². The van der Waals surface area contributed by atoms with Gasteiger partial charge in [-0.15, -0.1) is 0 Å². The molecule has 1 saturated heterocycles. The van der Waals surface area contributed by atoms with Crippen molar-refractivity contribution in [3.8, 4) is 0 Å². The van der Waals surface area contributed by atoms with Crippen molar-refractivity contribution in [2.75, 3.05) is 12.4 Å². The highest BCUT2D eigenvalue weighted by Crippen LogP contribution is 2.32. The molecule has 0 bridgehead atoms. The molecule has 0 spiro atoms. The van der Waals surface area contributed by atoms with Crippen molar-refractivity contribution in [1.82, 2.24) is 26.2 Å². The molecule has 5 N–H and O–H groups in total. The van der Waals surface area contributed by atoms with Crippen molar-refractivity contribution < 1.29 is 32.7 Å². The molecule has 45 heavy (non-hydrogen) atoms. The van der Waals surface area contributed by atoms with Gasteiger partial charge in [-0.05, 0) is 70.4 Å². The fourth-order valence-corrected chi connectivity index (χ4v) is 6.59. The number of rotatable bonds is 11. The normalized spacial score (nSPS) is 19.6. The van der Waals surface area contributed by atoms with Crippen molar-refractivity contribution in [2.24, 2.45) is 11.3 Å². The number of amides is 5. The van der Waals surface area contributed by atoms with Gasteiger partial charge in [0.15, 0.2) is 15.9 Å². The first kappa shape index (κ1) is 36.3. The summed E-state index contributed by atoms with van der Waals surface area (Å²) in [4.78, 5) is 54.7. The highest BCUT2D eigenvalue weighted by Gasteiger charge is 2.43. The maximum absolute atomic E-state index is 13.8. The number of hydrogen-bond acceptors (Lipinski definition) is 7. The first-order chi connectivity index (χ1) is 20.8. The minimum absolute atomic E-state index is 0.0483. The second-order valence-corrected chi connectivity index (χ2v) is 16.5. The van der Waals surface area contributed by atoms with Crippen molar-refractivity contribution >= 4 is 33.6 Å². The fraction of sp³-hybridized carbons (Fsp3) is 0.688. The number of nitrogens with zero attached hydrogens (tertiary/aromatic N) is 1. The highest BCUT2D eigenvalue weighted by molar-refractivity contribution is 7.91. The lowest BCUT2D eigenvalue weighted by Crippen LogP contribution is -2.61. The van der Waals surface area contributed by atoms with E-state index in [1.165, 1.54) is 17.0 Å². The summed E-state index contributed by atoms with van der Waals surface area (Å²) in [7, 11) is -3.85. The third kappa shape index (κ3) is 10.2. The van der Waals surface area contributed by atoms with E-state index in [-0.39, 0.29) is 16.7 Å². The van der Waals surface area contributed by atoms with E-state index in [0.717, 1.165) is 24.8 Å². The molecule has 0 radical (unpaired) electrons. The van der Waals surface area contributed by atoms with Crippen LogP contribution in [0.15, 0.2) is 29.2 Å². The minimum Gasteiger partial charge on any atom is -0.381 e. The molecule has 4 atom stereocenters. The molecule has 5 amide bonds. The molecule has 1 aromatic carbocycles. The Hall–Kier alpha value is -3.19. The van der Waals surface area contributed by atoms with E-state index < -0.39 is 68.7 Å². The predicted molar refractivity (Wildman–Crippen MR) is 171 cm³/mol. The summed E-state index contributed by atoms with van der Waals surface area (Å²) >= 11 is 0. The van der Waals surface area contributed by atoms with Crippen molar-refractivity contribution in [2.45, 2.75) is 122 Å². The Morgan fingerprint density at radius 1 is 0.956 bits per heavy atom. The van der Waals surface area contributed by atoms with Crippen molar-refractivity contribution in [3.63, 3.8) is 0 Å². The van der Waals surface area contributed by atoms with Crippen LogP contribution in [-0.2, 0) is 24.2 Å². The second kappa shape index (κ2) is 14.5. The SMILES string of the molecule is Cc1ccc(S(=O)(=O)CNC(=O)C(O)C(CC2CCC2)NC(=O)C2CCCN2C(=O)[C@@H](NC(=O)NC(C)(C)C)C(C)(C)C)cc1. The molecule has 1 aliphatic heterocycles. The van der Waals surface area contributed by atoms with Crippen LogP contribution in [0.5, 0.6) is 0 Å². The molecule has 12 nitrogen and oxygen atoms in total. The summed E-state index contributed by atoms with van der Waals surface area (Å²) in [5.74, 6) is -2.30. The Kier molecular flexibility index (Phi) is 11.7. The summed E-state index contributed by atoms with van der Waals surface area (Å²) < 4.78 is 25.5. The number of carbonyl (C=O) groups is 4. The standard InChI is InChI=1S/C32H51N5O7S/c1-20-13-15-22(16-14-20)45(43,44)19-33-28(40)25(38)23(18-21-10-8-11-21)34-27(39)24-12-9-17-37(24)29(41)26(31(2,3)4)35-30(42)36-32(5,6)7/h13-16,21,23-26,38H,8-12,17-19H2,1-7H3,(H,33,40)(H,34,39)(H2,35,36,42)/t23?,24?,25?,26-/m1/s1. The monoisotopic (exact) mass is 649 g/mol. The van der Waals surface area contributed by atoms with Crippen LogP contribution in [0, 0.1) is 18.3 Å². The molecule has 2 aliphatic rings. The molecule has 0 aromatic heterocycles. The van der Waals surface area contributed by atoms with E-state index in [1.807, 2.05) is 48.5 Å². The van der Waals surface area contributed by atoms with Crippen LogP contribution >= 0.6 is 0 Å². The number of likely N-dealkylation sites (tertiary alicyclic amines) is 1. The van der Waals surface area contributed by atoms with Gasteiger partial charge in [0.2, 0.25) is 11.8 Å². The summed E-state index contributed by atoms with van der Waals surface area (Å²) in [5, 5.41) is 21.8. The molecule has 252 valence electrons. The Balaban J connectivity index is 1.71. The van der Waals surface area contributed by atoms with E-state index in [1.54, 1.807) is 12.1 Å². The van der Waals surface area contributed by atoms with Gasteiger partial charge in [-0.25, -0.2) is 13.2 Å². The zero-order valence-corrected chi connectivity index (χ0v) is 28.4. The number of urea groups is 1. The average molecular weight is 650 g/mol. The Labute approximate surface area is 267 Å². The molecule has 1 heterocycles. The highest BCUT2D eigenvalue weighted by atomic mass is 32.2. The van der Waals surface area contributed by atoms with Crippen LogP contribution in [0.3, 0.4) is 0 Å². The topological polar surface area (TPSA) is 174 Å². The van der Waals surface area contributed by atoms with Gasteiger partial charge in [0.1, 0.15) is 18.0 Å². The van der Waals surface area contributed by atoms with Crippen LogP contribution in [0.4, 0.5) is 4.79 Å². The van der Waals surface area contributed by atoms with Crippen LogP contribution in [0.1, 0.15) is 85.6 Å². The van der Waals surface area contributed by atoms with Gasteiger partial charge in [-0.2, -0.15) is 0 Å². The van der Waals surface area contributed by atoms with Gasteiger partial charge in [-0.1, -0.05) is 57.7 Å². The number of aliphatic hydroxyl groups excluding tert-OH is 1. The molecule has 13 heteroatoms. The number of aryl methyl sites for hydroxylation is 1. The quantitative estimate of drug-likeness (QED) is 0.245. The molecular formula is C32H51N5O7S. The Morgan fingerprint density at radius 3 is 2.11 bits per heavy atom. The van der Waals surface area contributed by atoms with Crippen molar-refractivity contribution in [3.05, 3.63) is 29.8 Å². The third-order valence-corrected chi connectivity index (χ3v) is 9.84.